The highest BCUT2D eigenvalue weighted by atomic mass is 15.1. The molecule has 0 radical (unpaired) electrons. The lowest BCUT2D eigenvalue weighted by atomic mass is 9.73. The third kappa shape index (κ3) is 2.86. The Balaban J connectivity index is 1.91. The predicted octanol–water partition coefficient (Wildman–Crippen LogP) is 2.55. The standard InChI is InChI=1S/C14H26N2/c1-13-5-9-16(10-6-13)12-14(11-15)7-3-2-4-8-14/h5H,2-4,6-12,15H2,1H3. The van der Waals surface area contributed by atoms with Crippen LogP contribution >= 0.6 is 0 Å². The van der Waals surface area contributed by atoms with Gasteiger partial charge in [-0.05, 0) is 38.1 Å². The van der Waals surface area contributed by atoms with Crippen LogP contribution in [0.25, 0.3) is 0 Å². The predicted molar refractivity (Wildman–Crippen MR) is 69.4 cm³/mol. The summed E-state index contributed by atoms with van der Waals surface area (Å²) in [6, 6.07) is 0. The van der Waals surface area contributed by atoms with E-state index in [1.165, 1.54) is 51.6 Å². The van der Waals surface area contributed by atoms with Gasteiger partial charge in [0.15, 0.2) is 0 Å². The Hall–Kier alpha value is -0.340. The van der Waals surface area contributed by atoms with Gasteiger partial charge in [-0.25, -0.2) is 0 Å². The minimum Gasteiger partial charge on any atom is -0.330 e. The molecule has 0 aromatic heterocycles. The second-order valence-electron chi connectivity index (χ2n) is 5.80. The Labute approximate surface area is 99.9 Å². The maximum absolute atomic E-state index is 6.04. The summed E-state index contributed by atoms with van der Waals surface area (Å²) < 4.78 is 0. The molecule has 0 saturated heterocycles. The van der Waals surface area contributed by atoms with Gasteiger partial charge in [-0.3, -0.25) is 4.90 Å². The van der Waals surface area contributed by atoms with Gasteiger partial charge in [0.2, 0.25) is 0 Å². The molecule has 0 atom stereocenters. The van der Waals surface area contributed by atoms with Gasteiger partial charge >= 0.3 is 0 Å². The molecule has 0 unspecified atom stereocenters. The number of nitrogens with zero attached hydrogens (tertiary/aromatic N) is 1. The Morgan fingerprint density at radius 1 is 1.31 bits per heavy atom. The highest BCUT2D eigenvalue weighted by Gasteiger charge is 2.32. The van der Waals surface area contributed by atoms with Crippen molar-refractivity contribution in [2.45, 2.75) is 45.4 Å². The summed E-state index contributed by atoms with van der Waals surface area (Å²) in [5.41, 5.74) is 8.04. The average Bonchev–Trinajstić information content (AvgIpc) is 2.33. The second-order valence-corrected chi connectivity index (χ2v) is 5.80. The molecular formula is C14H26N2. The summed E-state index contributed by atoms with van der Waals surface area (Å²) in [5.74, 6) is 0. The number of hydrogen-bond acceptors (Lipinski definition) is 2. The van der Waals surface area contributed by atoms with E-state index in [2.05, 4.69) is 17.9 Å². The van der Waals surface area contributed by atoms with Crippen LogP contribution in [-0.2, 0) is 0 Å². The van der Waals surface area contributed by atoms with Gasteiger partial charge in [0.1, 0.15) is 0 Å². The third-order valence-corrected chi connectivity index (χ3v) is 4.43. The van der Waals surface area contributed by atoms with Gasteiger partial charge in [0, 0.05) is 19.6 Å². The molecule has 2 heteroatoms. The normalized spacial score (nSPS) is 26.5. The van der Waals surface area contributed by atoms with Crippen LogP contribution in [0.5, 0.6) is 0 Å². The largest absolute Gasteiger partial charge is 0.330 e. The summed E-state index contributed by atoms with van der Waals surface area (Å²) in [5, 5.41) is 0. The Morgan fingerprint density at radius 3 is 2.62 bits per heavy atom. The van der Waals surface area contributed by atoms with Crippen LogP contribution < -0.4 is 5.73 Å². The Bertz CT molecular complexity index is 251. The van der Waals surface area contributed by atoms with Gasteiger partial charge in [-0.1, -0.05) is 30.9 Å². The van der Waals surface area contributed by atoms with Gasteiger partial charge < -0.3 is 5.73 Å². The molecule has 0 bridgehead atoms. The topological polar surface area (TPSA) is 29.3 Å². The van der Waals surface area contributed by atoms with Gasteiger partial charge in [0.05, 0.1) is 0 Å². The van der Waals surface area contributed by atoms with Crippen LogP contribution in [0, 0.1) is 5.41 Å². The van der Waals surface area contributed by atoms with Crippen LogP contribution in [0.3, 0.4) is 0 Å². The zero-order valence-electron chi connectivity index (χ0n) is 10.7. The van der Waals surface area contributed by atoms with Crippen molar-refractivity contribution in [2.24, 2.45) is 11.1 Å². The quantitative estimate of drug-likeness (QED) is 0.744. The highest BCUT2D eigenvalue weighted by molar-refractivity contribution is 5.04. The minimum absolute atomic E-state index is 0.442. The number of hydrogen-bond donors (Lipinski definition) is 1. The molecule has 0 aromatic carbocycles. The zero-order valence-corrected chi connectivity index (χ0v) is 10.7. The molecule has 2 rings (SSSR count). The fourth-order valence-corrected chi connectivity index (χ4v) is 3.16. The first-order valence-corrected chi connectivity index (χ1v) is 6.82. The molecule has 0 amide bonds. The first-order valence-electron chi connectivity index (χ1n) is 6.82. The van der Waals surface area contributed by atoms with Crippen molar-refractivity contribution in [3.05, 3.63) is 11.6 Å². The molecule has 1 aliphatic heterocycles. The molecule has 1 aliphatic carbocycles. The first kappa shape index (κ1) is 12.1. The molecule has 2 N–H and O–H groups in total. The van der Waals surface area contributed by atoms with Crippen LogP contribution in [-0.4, -0.2) is 31.1 Å². The maximum Gasteiger partial charge on any atom is 0.0166 e. The summed E-state index contributed by atoms with van der Waals surface area (Å²) >= 11 is 0. The van der Waals surface area contributed by atoms with E-state index in [4.69, 9.17) is 5.73 Å². The van der Waals surface area contributed by atoms with E-state index in [9.17, 15) is 0 Å². The Kier molecular flexibility index (Phi) is 4.04. The van der Waals surface area contributed by atoms with E-state index in [-0.39, 0.29) is 0 Å². The van der Waals surface area contributed by atoms with E-state index in [1.54, 1.807) is 5.57 Å². The molecule has 2 nitrogen and oxygen atoms in total. The lowest BCUT2D eigenvalue weighted by Crippen LogP contribution is -2.45. The molecule has 16 heavy (non-hydrogen) atoms. The molecule has 0 spiro atoms. The molecule has 92 valence electrons. The van der Waals surface area contributed by atoms with Crippen LogP contribution in [0.1, 0.15) is 45.4 Å². The lowest BCUT2D eigenvalue weighted by Gasteiger charge is -2.41. The Morgan fingerprint density at radius 2 is 2.06 bits per heavy atom. The van der Waals surface area contributed by atoms with E-state index in [0.29, 0.717) is 5.41 Å². The van der Waals surface area contributed by atoms with Crippen molar-refractivity contribution in [3.8, 4) is 0 Å². The fraction of sp³-hybridized carbons (Fsp3) is 0.857. The molecule has 1 fully saturated rings. The summed E-state index contributed by atoms with van der Waals surface area (Å²) in [6.45, 7) is 6.74. The number of nitrogens with two attached hydrogens (primary N) is 1. The first-order chi connectivity index (χ1) is 7.74. The summed E-state index contributed by atoms with van der Waals surface area (Å²) in [7, 11) is 0. The lowest BCUT2D eigenvalue weighted by molar-refractivity contribution is 0.116. The second kappa shape index (κ2) is 5.33. The van der Waals surface area contributed by atoms with Gasteiger partial charge in [0.25, 0.3) is 0 Å². The van der Waals surface area contributed by atoms with E-state index < -0.39 is 0 Å². The van der Waals surface area contributed by atoms with E-state index >= 15 is 0 Å². The molecule has 0 aromatic rings. The SMILES string of the molecule is CC1=CCN(CC2(CN)CCCCC2)CC1. The van der Waals surface area contributed by atoms with Crippen LogP contribution in [0.4, 0.5) is 0 Å². The van der Waals surface area contributed by atoms with Gasteiger partial charge in [-0.15, -0.1) is 0 Å². The molecule has 1 saturated carbocycles. The van der Waals surface area contributed by atoms with Crippen LogP contribution in [0.15, 0.2) is 11.6 Å². The number of rotatable bonds is 3. The molecule has 1 heterocycles. The third-order valence-electron chi connectivity index (χ3n) is 4.43. The molecule has 2 aliphatic rings. The minimum atomic E-state index is 0.442. The van der Waals surface area contributed by atoms with Crippen molar-refractivity contribution >= 4 is 0 Å². The van der Waals surface area contributed by atoms with Crippen molar-refractivity contribution in [1.29, 1.82) is 0 Å². The highest BCUT2D eigenvalue weighted by Crippen LogP contribution is 2.36. The average molecular weight is 222 g/mol. The van der Waals surface area contributed by atoms with Gasteiger partial charge in [-0.2, -0.15) is 0 Å². The van der Waals surface area contributed by atoms with Crippen molar-refractivity contribution < 1.29 is 0 Å². The zero-order chi connectivity index (χ0) is 11.4. The van der Waals surface area contributed by atoms with Crippen LogP contribution in [0.2, 0.25) is 0 Å². The van der Waals surface area contributed by atoms with E-state index in [1.807, 2.05) is 0 Å². The van der Waals surface area contributed by atoms with Crippen molar-refractivity contribution in [3.63, 3.8) is 0 Å². The maximum atomic E-state index is 6.04. The summed E-state index contributed by atoms with van der Waals surface area (Å²) in [4.78, 5) is 2.60. The van der Waals surface area contributed by atoms with Crippen molar-refractivity contribution in [2.75, 3.05) is 26.2 Å². The van der Waals surface area contributed by atoms with Crippen molar-refractivity contribution in [1.82, 2.24) is 4.90 Å². The molecular weight excluding hydrogens is 196 g/mol. The summed E-state index contributed by atoms with van der Waals surface area (Å²) in [6.07, 6.45) is 10.5. The fourth-order valence-electron chi connectivity index (χ4n) is 3.16. The smallest absolute Gasteiger partial charge is 0.0166 e. The van der Waals surface area contributed by atoms with E-state index in [0.717, 1.165) is 13.1 Å². The monoisotopic (exact) mass is 222 g/mol.